The summed E-state index contributed by atoms with van der Waals surface area (Å²) in [7, 11) is 0. The van der Waals surface area contributed by atoms with Crippen molar-refractivity contribution in [3.8, 4) is 5.75 Å². The molecule has 0 bridgehead atoms. The first-order valence-electron chi connectivity index (χ1n) is 6.23. The predicted octanol–water partition coefficient (Wildman–Crippen LogP) is 2.80. The lowest BCUT2D eigenvalue weighted by atomic mass is 10.1. The van der Waals surface area contributed by atoms with Crippen LogP contribution in [0.15, 0.2) is 48.5 Å². The second-order valence-corrected chi connectivity index (χ2v) is 4.26. The topological polar surface area (TPSA) is 64.3 Å². The van der Waals surface area contributed by atoms with Gasteiger partial charge in [0.1, 0.15) is 5.75 Å². The van der Waals surface area contributed by atoms with Crippen LogP contribution < -0.4 is 15.8 Å². The van der Waals surface area contributed by atoms with E-state index in [4.69, 9.17) is 5.73 Å². The van der Waals surface area contributed by atoms with E-state index in [9.17, 15) is 13.6 Å². The molecular weight excluding hydrogens is 278 g/mol. The summed E-state index contributed by atoms with van der Waals surface area (Å²) in [5, 5.41) is 2.63. The van der Waals surface area contributed by atoms with Crippen molar-refractivity contribution >= 4 is 11.6 Å². The summed E-state index contributed by atoms with van der Waals surface area (Å²) in [6, 6.07) is 12.9. The zero-order chi connectivity index (χ0) is 15.2. The number of rotatable bonds is 5. The molecule has 21 heavy (non-hydrogen) atoms. The molecule has 1 amide bonds. The van der Waals surface area contributed by atoms with E-state index in [2.05, 4.69) is 10.1 Å². The van der Waals surface area contributed by atoms with Gasteiger partial charge in [0.05, 0.1) is 5.56 Å². The van der Waals surface area contributed by atoms with E-state index < -0.39 is 12.5 Å². The monoisotopic (exact) mass is 292 g/mol. The number of carbonyl (C=O) groups excluding carboxylic acids is 1. The summed E-state index contributed by atoms with van der Waals surface area (Å²) in [5.41, 5.74) is 7.11. The molecule has 3 N–H and O–H groups in total. The predicted molar refractivity (Wildman–Crippen MR) is 75.1 cm³/mol. The maximum Gasteiger partial charge on any atom is 0.387 e. The molecule has 0 saturated heterocycles. The van der Waals surface area contributed by atoms with E-state index in [1.165, 1.54) is 18.2 Å². The Bertz CT molecular complexity index is 633. The first kappa shape index (κ1) is 14.8. The Balaban J connectivity index is 2.09. The second kappa shape index (κ2) is 6.69. The van der Waals surface area contributed by atoms with Gasteiger partial charge in [0.25, 0.3) is 5.91 Å². The van der Waals surface area contributed by atoms with Gasteiger partial charge in [-0.2, -0.15) is 8.78 Å². The minimum absolute atomic E-state index is 0.0484. The maximum absolute atomic E-state index is 12.3. The fraction of sp³-hybridized carbons (Fsp3) is 0.133. The highest BCUT2D eigenvalue weighted by atomic mass is 19.3. The van der Waals surface area contributed by atoms with Crippen LogP contribution in [-0.4, -0.2) is 12.5 Å². The van der Waals surface area contributed by atoms with Gasteiger partial charge in [-0.3, -0.25) is 4.79 Å². The van der Waals surface area contributed by atoms with E-state index in [1.54, 1.807) is 30.3 Å². The van der Waals surface area contributed by atoms with Crippen molar-refractivity contribution in [3.63, 3.8) is 0 Å². The van der Waals surface area contributed by atoms with Gasteiger partial charge < -0.3 is 15.8 Å². The Kier molecular flexibility index (Phi) is 4.71. The lowest BCUT2D eigenvalue weighted by Gasteiger charge is -2.11. The number of benzene rings is 2. The third kappa shape index (κ3) is 3.92. The van der Waals surface area contributed by atoms with Gasteiger partial charge in [0, 0.05) is 12.2 Å². The smallest absolute Gasteiger partial charge is 0.387 e. The first-order valence-corrected chi connectivity index (χ1v) is 6.23. The zero-order valence-corrected chi connectivity index (χ0v) is 11.1. The van der Waals surface area contributed by atoms with Crippen LogP contribution >= 0.6 is 0 Å². The van der Waals surface area contributed by atoms with Crippen LogP contribution in [0.2, 0.25) is 0 Å². The molecule has 2 aromatic carbocycles. The van der Waals surface area contributed by atoms with Crippen LogP contribution in [0.25, 0.3) is 0 Å². The number of hydrogen-bond acceptors (Lipinski definition) is 3. The first-order chi connectivity index (χ1) is 10.1. The lowest BCUT2D eigenvalue weighted by molar-refractivity contribution is -0.0501. The summed E-state index contributed by atoms with van der Waals surface area (Å²) >= 11 is 0. The van der Waals surface area contributed by atoms with Gasteiger partial charge in [-0.05, 0) is 23.8 Å². The number of nitrogens with one attached hydrogen (secondary N) is 1. The molecule has 0 atom stereocenters. The maximum atomic E-state index is 12.3. The Morgan fingerprint density at radius 2 is 1.81 bits per heavy atom. The van der Waals surface area contributed by atoms with Gasteiger partial charge in [-0.25, -0.2) is 0 Å². The average Bonchev–Trinajstić information content (AvgIpc) is 2.46. The molecule has 0 aliphatic heterocycles. The third-order valence-corrected chi connectivity index (χ3v) is 2.84. The summed E-state index contributed by atoms with van der Waals surface area (Å²) < 4.78 is 28.9. The lowest BCUT2D eigenvalue weighted by Crippen LogP contribution is -2.24. The number of nitrogens with two attached hydrogens (primary N) is 1. The number of halogens is 2. The highest BCUT2D eigenvalue weighted by Crippen LogP contribution is 2.20. The highest BCUT2D eigenvalue weighted by Gasteiger charge is 2.15. The van der Waals surface area contributed by atoms with Crippen LogP contribution in [0.4, 0.5) is 14.5 Å². The molecule has 0 saturated carbocycles. The minimum atomic E-state index is -2.98. The van der Waals surface area contributed by atoms with Crippen LogP contribution in [0, 0.1) is 0 Å². The number of para-hydroxylation sites is 2. The van der Waals surface area contributed by atoms with E-state index in [0.29, 0.717) is 5.69 Å². The van der Waals surface area contributed by atoms with Crippen molar-refractivity contribution in [2.24, 2.45) is 0 Å². The summed E-state index contributed by atoms with van der Waals surface area (Å²) in [4.78, 5) is 12.1. The zero-order valence-electron chi connectivity index (χ0n) is 11.1. The van der Waals surface area contributed by atoms with Crippen molar-refractivity contribution in [3.05, 3.63) is 59.7 Å². The summed E-state index contributed by atoms with van der Waals surface area (Å²) in [5.74, 6) is -0.666. The molecular formula is C15H14F2N2O2. The Morgan fingerprint density at radius 1 is 1.14 bits per heavy atom. The van der Waals surface area contributed by atoms with Crippen LogP contribution in [0.3, 0.4) is 0 Å². The third-order valence-electron chi connectivity index (χ3n) is 2.84. The number of anilines is 1. The number of ether oxygens (including phenoxy) is 1. The molecule has 0 fully saturated rings. The van der Waals surface area contributed by atoms with Gasteiger partial charge in [-0.15, -0.1) is 0 Å². The fourth-order valence-corrected chi connectivity index (χ4v) is 1.82. The van der Waals surface area contributed by atoms with Crippen LogP contribution in [0.5, 0.6) is 5.75 Å². The Labute approximate surface area is 120 Å². The molecule has 4 nitrogen and oxygen atoms in total. The molecule has 6 heteroatoms. The average molecular weight is 292 g/mol. The number of nitrogen functional groups attached to an aromatic ring is 1. The quantitative estimate of drug-likeness (QED) is 0.833. The standard InChI is InChI=1S/C15H14F2N2O2/c16-15(17)21-13-8-4-2-6-11(13)14(20)19-9-10-5-1-3-7-12(10)18/h1-8,15H,9,18H2,(H,19,20). The highest BCUT2D eigenvalue weighted by molar-refractivity contribution is 5.96. The van der Waals surface area contributed by atoms with E-state index in [1.807, 2.05) is 0 Å². The van der Waals surface area contributed by atoms with Crippen molar-refractivity contribution in [1.29, 1.82) is 0 Å². The molecule has 2 rings (SSSR count). The van der Waals surface area contributed by atoms with E-state index in [-0.39, 0.29) is 17.9 Å². The SMILES string of the molecule is Nc1ccccc1CNC(=O)c1ccccc1OC(F)F. The Hall–Kier alpha value is -2.63. The molecule has 2 aromatic rings. The van der Waals surface area contributed by atoms with Crippen molar-refractivity contribution in [2.45, 2.75) is 13.2 Å². The number of alkyl halides is 2. The van der Waals surface area contributed by atoms with E-state index in [0.717, 1.165) is 5.56 Å². The summed E-state index contributed by atoms with van der Waals surface area (Å²) in [6.45, 7) is -2.78. The van der Waals surface area contributed by atoms with Crippen LogP contribution in [-0.2, 0) is 6.54 Å². The van der Waals surface area contributed by atoms with Crippen molar-refractivity contribution in [2.75, 3.05) is 5.73 Å². The number of carbonyl (C=O) groups is 1. The van der Waals surface area contributed by atoms with Gasteiger partial charge in [-0.1, -0.05) is 30.3 Å². The number of hydrogen-bond donors (Lipinski definition) is 2. The fourth-order valence-electron chi connectivity index (χ4n) is 1.82. The molecule has 0 aliphatic carbocycles. The second-order valence-electron chi connectivity index (χ2n) is 4.26. The van der Waals surface area contributed by atoms with Crippen molar-refractivity contribution < 1.29 is 18.3 Å². The summed E-state index contributed by atoms with van der Waals surface area (Å²) in [6.07, 6.45) is 0. The van der Waals surface area contributed by atoms with Crippen LogP contribution in [0.1, 0.15) is 15.9 Å². The normalized spacial score (nSPS) is 10.4. The molecule has 0 aliphatic rings. The molecule has 110 valence electrons. The molecule has 0 aromatic heterocycles. The molecule has 0 radical (unpaired) electrons. The molecule has 0 spiro atoms. The largest absolute Gasteiger partial charge is 0.434 e. The molecule has 0 heterocycles. The van der Waals surface area contributed by atoms with Gasteiger partial charge in [0.15, 0.2) is 0 Å². The van der Waals surface area contributed by atoms with Gasteiger partial charge >= 0.3 is 6.61 Å². The molecule has 0 unspecified atom stereocenters. The number of amides is 1. The minimum Gasteiger partial charge on any atom is -0.434 e. The van der Waals surface area contributed by atoms with Gasteiger partial charge in [0.2, 0.25) is 0 Å². The van der Waals surface area contributed by atoms with E-state index >= 15 is 0 Å². The Morgan fingerprint density at radius 3 is 2.52 bits per heavy atom. The van der Waals surface area contributed by atoms with Crippen molar-refractivity contribution in [1.82, 2.24) is 5.32 Å².